The normalized spacial score (nSPS) is 13.4. The van der Waals surface area contributed by atoms with Gasteiger partial charge in [0, 0.05) is 22.7 Å². The molecule has 0 amide bonds. The minimum Gasteiger partial charge on any atom is -0.287 e. The van der Waals surface area contributed by atoms with Gasteiger partial charge in [0.2, 0.25) is 0 Å². The lowest BCUT2D eigenvalue weighted by Gasteiger charge is -2.12. The van der Waals surface area contributed by atoms with E-state index in [4.69, 9.17) is 0 Å². The molecule has 128 valence electrons. The van der Waals surface area contributed by atoms with Gasteiger partial charge in [-0.25, -0.2) is 0 Å². The molecule has 2 rings (SSSR count). The van der Waals surface area contributed by atoms with Gasteiger partial charge in [-0.2, -0.15) is 11.8 Å². The van der Waals surface area contributed by atoms with Gasteiger partial charge in [-0.15, -0.1) is 0 Å². The molecular weight excluding hydrogens is 332 g/mol. The summed E-state index contributed by atoms with van der Waals surface area (Å²) in [7, 11) is 0. The number of rotatable bonds is 9. The molecule has 0 spiro atoms. The van der Waals surface area contributed by atoms with Crippen molar-refractivity contribution in [3.8, 4) is 0 Å². The van der Waals surface area contributed by atoms with E-state index in [1.165, 1.54) is 22.9 Å². The molecule has 1 nitrogen and oxygen atoms in total. The zero-order valence-electron chi connectivity index (χ0n) is 14.5. The highest BCUT2D eigenvalue weighted by atomic mass is 32.2. The Morgan fingerprint density at radius 2 is 1.33 bits per heavy atom. The summed E-state index contributed by atoms with van der Waals surface area (Å²) in [6.45, 7) is 4.38. The molecule has 2 atom stereocenters. The van der Waals surface area contributed by atoms with Gasteiger partial charge >= 0.3 is 0 Å². The van der Waals surface area contributed by atoms with Crippen LogP contribution < -0.4 is 0 Å². The predicted octanol–water partition coefficient (Wildman–Crippen LogP) is 5.63. The SMILES string of the molecule is CC(Cc1ccccc1)SCCC(=O)SC(C)Cc1ccccc1. The van der Waals surface area contributed by atoms with Crippen molar-refractivity contribution in [1.82, 2.24) is 0 Å². The molecule has 0 heterocycles. The number of carbonyl (C=O) groups excluding carboxylic acids is 1. The second-order valence-corrected chi connectivity index (χ2v) is 9.15. The Morgan fingerprint density at radius 1 is 0.833 bits per heavy atom. The van der Waals surface area contributed by atoms with Crippen LogP contribution in [0.3, 0.4) is 0 Å². The lowest BCUT2D eigenvalue weighted by Crippen LogP contribution is -2.08. The quantitative estimate of drug-likeness (QED) is 0.578. The Morgan fingerprint density at radius 3 is 1.88 bits per heavy atom. The highest BCUT2D eigenvalue weighted by Crippen LogP contribution is 2.22. The van der Waals surface area contributed by atoms with E-state index >= 15 is 0 Å². The molecule has 2 unspecified atom stereocenters. The van der Waals surface area contributed by atoms with Crippen LogP contribution in [-0.4, -0.2) is 21.4 Å². The molecule has 2 aromatic carbocycles. The van der Waals surface area contributed by atoms with E-state index in [1.807, 2.05) is 23.9 Å². The summed E-state index contributed by atoms with van der Waals surface area (Å²) in [6.07, 6.45) is 2.68. The first-order chi connectivity index (χ1) is 11.6. The molecule has 0 saturated carbocycles. The van der Waals surface area contributed by atoms with Crippen molar-refractivity contribution in [2.45, 2.75) is 43.6 Å². The van der Waals surface area contributed by atoms with Crippen molar-refractivity contribution < 1.29 is 4.79 Å². The molecule has 0 bridgehead atoms. The predicted molar refractivity (Wildman–Crippen MR) is 109 cm³/mol. The summed E-state index contributed by atoms with van der Waals surface area (Å²) < 4.78 is 0. The molecule has 0 N–H and O–H groups in total. The molecule has 2 aromatic rings. The maximum Gasteiger partial charge on any atom is 0.190 e. The van der Waals surface area contributed by atoms with Crippen LogP contribution in [0.15, 0.2) is 60.7 Å². The first kappa shape index (κ1) is 19.1. The first-order valence-corrected chi connectivity index (χ1v) is 10.4. The first-order valence-electron chi connectivity index (χ1n) is 8.52. The zero-order chi connectivity index (χ0) is 17.2. The third kappa shape index (κ3) is 7.59. The number of carbonyl (C=O) groups is 1. The fourth-order valence-corrected chi connectivity index (χ4v) is 4.71. The smallest absolute Gasteiger partial charge is 0.190 e. The van der Waals surface area contributed by atoms with Gasteiger partial charge in [0.05, 0.1) is 0 Å². The minimum absolute atomic E-state index is 0.317. The van der Waals surface area contributed by atoms with E-state index in [0.29, 0.717) is 22.0 Å². The fourth-order valence-electron chi connectivity index (χ4n) is 2.62. The summed E-state index contributed by atoms with van der Waals surface area (Å²) in [5, 5.41) is 1.21. The molecule has 3 heteroatoms. The lowest BCUT2D eigenvalue weighted by molar-refractivity contribution is -0.110. The molecule has 0 aliphatic carbocycles. The standard InChI is InChI=1S/C21H26OS2/c1-17(15-19-9-5-3-6-10-19)23-14-13-21(22)24-18(2)16-20-11-7-4-8-12-20/h3-12,17-18H,13-16H2,1-2H3. The van der Waals surface area contributed by atoms with E-state index in [9.17, 15) is 4.79 Å². The summed E-state index contributed by atoms with van der Waals surface area (Å²) in [5.74, 6) is 0.915. The number of benzene rings is 2. The molecule has 0 aliphatic heterocycles. The van der Waals surface area contributed by atoms with Crippen LogP contribution in [-0.2, 0) is 17.6 Å². The van der Waals surface area contributed by atoms with Gasteiger partial charge < -0.3 is 0 Å². The Balaban J connectivity index is 1.62. The van der Waals surface area contributed by atoms with Crippen LogP contribution in [0.4, 0.5) is 0 Å². The number of thioether (sulfide) groups is 2. The van der Waals surface area contributed by atoms with Gasteiger partial charge in [-0.3, -0.25) is 4.79 Å². The molecule has 0 aromatic heterocycles. The Hall–Kier alpha value is -1.19. The maximum atomic E-state index is 12.1. The average molecular weight is 359 g/mol. The lowest BCUT2D eigenvalue weighted by atomic mass is 10.1. The molecule has 0 saturated heterocycles. The summed E-state index contributed by atoms with van der Waals surface area (Å²) in [6, 6.07) is 21.0. The van der Waals surface area contributed by atoms with Gasteiger partial charge in [-0.1, -0.05) is 86.3 Å². The van der Waals surface area contributed by atoms with Crippen molar-refractivity contribution >= 4 is 28.6 Å². The average Bonchev–Trinajstić information content (AvgIpc) is 2.56. The van der Waals surface area contributed by atoms with Crippen molar-refractivity contribution in [3.63, 3.8) is 0 Å². The Bertz CT molecular complexity index is 598. The van der Waals surface area contributed by atoms with Crippen molar-refractivity contribution in [1.29, 1.82) is 0 Å². The van der Waals surface area contributed by atoms with Crippen molar-refractivity contribution in [2.75, 3.05) is 5.75 Å². The van der Waals surface area contributed by atoms with Crippen LogP contribution in [0, 0.1) is 0 Å². The van der Waals surface area contributed by atoms with Gasteiger partial charge in [0.15, 0.2) is 5.12 Å². The molecule has 0 radical (unpaired) electrons. The highest BCUT2D eigenvalue weighted by molar-refractivity contribution is 8.14. The topological polar surface area (TPSA) is 17.1 Å². The minimum atomic E-state index is 0.317. The molecule has 24 heavy (non-hydrogen) atoms. The number of hydrogen-bond acceptors (Lipinski definition) is 3. The Kier molecular flexibility index (Phi) is 8.48. The summed E-state index contributed by atoms with van der Waals surface area (Å²) in [4.78, 5) is 12.1. The van der Waals surface area contributed by atoms with E-state index in [2.05, 4.69) is 62.4 Å². The third-order valence-electron chi connectivity index (χ3n) is 3.77. The summed E-state index contributed by atoms with van der Waals surface area (Å²) in [5.41, 5.74) is 2.67. The molecule has 0 fully saturated rings. The third-order valence-corrected chi connectivity index (χ3v) is 5.98. The zero-order valence-corrected chi connectivity index (χ0v) is 16.1. The molecular formula is C21H26OS2. The monoisotopic (exact) mass is 358 g/mol. The number of hydrogen-bond donors (Lipinski definition) is 0. The summed E-state index contributed by atoms with van der Waals surface area (Å²) >= 11 is 3.39. The highest BCUT2D eigenvalue weighted by Gasteiger charge is 2.12. The van der Waals surface area contributed by atoms with Crippen molar-refractivity contribution in [3.05, 3.63) is 71.8 Å². The van der Waals surface area contributed by atoms with Crippen LogP contribution in [0.2, 0.25) is 0 Å². The van der Waals surface area contributed by atoms with Gasteiger partial charge in [-0.05, 0) is 24.0 Å². The Labute approximate surface area is 154 Å². The maximum absolute atomic E-state index is 12.1. The fraction of sp³-hybridized carbons (Fsp3) is 0.381. The second-order valence-electron chi connectivity index (χ2n) is 6.11. The van der Waals surface area contributed by atoms with Gasteiger partial charge in [0.25, 0.3) is 0 Å². The van der Waals surface area contributed by atoms with Crippen LogP contribution >= 0.6 is 23.5 Å². The second kappa shape index (κ2) is 10.6. The largest absolute Gasteiger partial charge is 0.287 e. The van der Waals surface area contributed by atoms with Crippen LogP contribution in [0.25, 0.3) is 0 Å². The van der Waals surface area contributed by atoms with E-state index < -0.39 is 0 Å². The van der Waals surface area contributed by atoms with Crippen LogP contribution in [0.5, 0.6) is 0 Å². The van der Waals surface area contributed by atoms with Crippen LogP contribution in [0.1, 0.15) is 31.4 Å². The van der Waals surface area contributed by atoms with Crippen molar-refractivity contribution in [2.24, 2.45) is 0 Å². The van der Waals surface area contributed by atoms with E-state index in [-0.39, 0.29) is 0 Å². The molecule has 0 aliphatic rings. The van der Waals surface area contributed by atoms with Gasteiger partial charge in [0.1, 0.15) is 0 Å². The van der Waals surface area contributed by atoms with E-state index in [0.717, 1.165) is 18.6 Å². The van der Waals surface area contributed by atoms with E-state index in [1.54, 1.807) is 0 Å².